The van der Waals surface area contributed by atoms with Crippen molar-refractivity contribution in [3.63, 3.8) is 0 Å². The van der Waals surface area contributed by atoms with Gasteiger partial charge in [-0.2, -0.15) is 39.5 Å². The number of halogens is 9. The molecule has 0 N–H and O–H groups in total. The van der Waals surface area contributed by atoms with Gasteiger partial charge in [-0.1, -0.05) is 6.07 Å². The maximum atomic E-state index is 13.8. The number of furan rings is 1. The molecule has 0 unspecified atom stereocenters. The number of nitrogens with zero attached hydrogens (tertiary/aromatic N) is 2. The Labute approximate surface area is 208 Å². The van der Waals surface area contributed by atoms with Gasteiger partial charge in [0.25, 0.3) is 0 Å². The summed E-state index contributed by atoms with van der Waals surface area (Å²) in [6, 6.07) is 7.50. The summed E-state index contributed by atoms with van der Waals surface area (Å²) < 4.78 is 128. The van der Waals surface area contributed by atoms with E-state index >= 15 is 0 Å². The number of benzene rings is 2. The fourth-order valence-electron chi connectivity index (χ4n) is 4.50. The van der Waals surface area contributed by atoms with E-state index < -0.39 is 46.5 Å². The van der Waals surface area contributed by atoms with Crippen LogP contribution in [0.25, 0.3) is 27.1 Å². The molecular formula is C26H15F9N2O. The van der Waals surface area contributed by atoms with E-state index in [4.69, 9.17) is 11.0 Å². The van der Waals surface area contributed by atoms with E-state index in [1.54, 1.807) is 4.57 Å². The van der Waals surface area contributed by atoms with Crippen molar-refractivity contribution in [3.05, 3.63) is 88.1 Å². The largest absolute Gasteiger partial charge is 0.459 e. The molecule has 3 nitrogen and oxygen atoms in total. The first-order valence-electron chi connectivity index (χ1n) is 11.2. The average Bonchev–Trinajstić information content (AvgIpc) is 3.45. The van der Waals surface area contributed by atoms with Crippen LogP contribution in [0.3, 0.4) is 0 Å². The van der Waals surface area contributed by atoms with Crippen LogP contribution in [0.1, 0.15) is 46.9 Å². The summed E-state index contributed by atoms with van der Waals surface area (Å²) in [6.45, 7) is 7.01. The van der Waals surface area contributed by atoms with E-state index in [2.05, 4.69) is 4.85 Å². The van der Waals surface area contributed by atoms with Crippen molar-refractivity contribution in [2.45, 2.75) is 43.8 Å². The molecule has 1 aliphatic carbocycles. The smallest absolute Gasteiger partial charge is 0.416 e. The van der Waals surface area contributed by atoms with Gasteiger partial charge in [0.05, 0.1) is 29.8 Å². The van der Waals surface area contributed by atoms with Gasteiger partial charge in [-0.05, 0) is 61.2 Å². The van der Waals surface area contributed by atoms with Gasteiger partial charge in [-0.25, -0.2) is 4.85 Å². The molecule has 0 spiro atoms. The fourth-order valence-corrected chi connectivity index (χ4v) is 4.50. The predicted octanol–water partition coefficient (Wildman–Crippen LogP) is 9.43. The number of aromatic nitrogens is 1. The molecule has 0 radical (unpaired) electrons. The molecule has 0 saturated heterocycles. The van der Waals surface area contributed by atoms with Gasteiger partial charge < -0.3 is 8.98 Å². The molecule has 2 heterocycles. The fraction of sp³-hybridized carbons (Fsp3) is 0.269. The van der Waals surface area contributed by atoms with E-state index in [0.29, 0.717) is 17.8 Å². The lowest BCUT2D eigenvalue weighted by Gasteiger charge is -2.13. The normalized spacial score (nSPS) is 14.7. The molecule has 1 fully saturated rings. The van der Waals surface area contributed by atoms with Crippen LogP contribution in [0.5, 0.6) is 0 Å². The van der Waals surface area contributed by atoms with Crippen LogP contribution < -0.4 is 0 Å². The molecule has 1 aliphatic rings. The SMILES string of the molecule is [C-]#[N+]c1ccc2c(cc(C3CC3)n2Cc2ccc(-c3cc(C(F)(F)F)cc(C(F)(F)F)c3)o2)c1C(F)(F)F. The number of fused-ring (bicyclic) bond motifs is 1. The second-order valence-corrected chi connectivity index (χ2v) is 8.99. The van der Waals surface area contributed by atoms with Gasteiger partial charge in [-0.3, -0.25) is 0 Å². The Morgan fingerprint density at radius 2 is 1.45 bits per heavy atom. The van der Waals surface area contributed by atoms with Gasteiger partial charge in [0.1, 0.15) is 11.5 Å². The van der Waals surface area contributed by atoms with Crippen LogP contribution in [-0.2, 0) is 25.1 Å². The molecule has 1 saturated carbocycles. The number of rotatable bonds is 4. The van der Waals surface area contributed by atoms with Gasteiger partial charge in [0, 0.05) is 22.2 Å². The standard InChI is InChI=1S/C26H15F9N2O/c1-36-19-5-6-20-18(23(19)26(33,34)35)11-21(13-2-3-13)37(20)12-17-4-7-22(38-17)14-8-15(24(27,28)29)10-16(9-14)25(30,31)32/h4-11,13H,2-3,12H2. The van der Waals surface area contributed by atoms with Crippen molar-refractivity contribution in [1.29, 1.82) is 0 Å². The monoisotopic (exact) mass is 542 g/mol. The summed E-state index contributed by atoms with van der Waals surface area (Å²) in [5, 5.41) is -0.160. The zero-order valence-electron chi connectivity index (χ0n) is 19.0. The molecule has 5 rings (SSSR count). The van der Waals surface area contributed by atoms with Crippen LogP contribution in [0.15, 0.2) is 52.9 Å². The minimum atomic E-state index is -5.03. The Morgan fingerprint density at radius 3 is 1.97 bits per heavy atom. The summed E-state index contributed by atoms with van der Waals surface area (Å²) in [4.78, 5) is 3.00. The van der Waals surface area contributed by atoms with Crippen molar-refractivity contribution < 1.29 is 43.9 Å². The molecule has 2 aromatic heterocycles. The molecule has 0 bridgehead atoms. The maximum Gasteiger partial charge on any atom is 0.416 e. The first-order valence-corrected chi connectivity index (χ1v) is 11.2. The Bertz CT molecular complexity index is 1540. The zero-order chi connectivity index (χ0) is 27.6. The van der Waals surface area contributed by atoms with Gasteiger partial charge in [-0.15, -0.1) is 0 Å². The van der Waals surface area contributed by atoms with Crippen molar-refractivity contribution in [1.82, 2.24) is 4.57 Å². The summed E-state index contributed by atoms with van der Waals surface area (Å²) >= 11 is 0. The quantitative estimate of drug-likeness (QED) is 0.186. The highest BCUT2D eigenvalue weighted by atomic mass is 19.4. The van der Waals surface area contributed by atoms with Gasteiger partial charge >= 0.3 is 18.5 Å². The zero-order valence-corrected chi connectivity index (χ0v) is 19.0. The van der Waals surface area contributed by atoms with Crippen LogP contribution in [0, 0.1) is 6.57 Å². The van der Waals surface area contributed by atoms with E-state index in [1.165, 1.54) is 24.3 Å². The van der Waals surface area contributed by atoms with Gasteiger partial charge in [0.2, 0.25) is 0 Å². The number of hydrogen-bond donors (Lipinski definition) is 0. The molecule has 0 amide bonds. The highest BCUT2D eigenvalue weighted by Gasteiger charge is 2.39. The molecule has 198 valence electrons. The molecule has 2 aromatic carbocycles. The Morgan fingerprint density at radius 1 is 0.816 bits per heavy atom. The molecular weight excluding hydrogens is 527 g/mol. The summed E-state index contributed by atoms with van der Waals surface area (Å²) in [5.74, 6) is -0.160. The van der Waals surface area contributed by atoms with Crippen molar-refractivity contribution in [2.75, 3.05) is 0 Å². The second-order valence-electron chi connectivity index (χ2n) is 8.99. The first kappa shape index (κ1) is 25.8. The van der Waals surface area contributed by atoms with E-state index in [1.807, 2.05) is 0 Å². The lowest BCUT2D eigenvalue weighted by atomic mass is 10.0. The van der Waals surface area contributed by atoms with Crippen LogP contribution in [0.4, 0.5) is 45.2 Å². The topological polar surface area (TPSA) is 22.4 Å². The van der Waals surface area contributed by atoms with E-state index in [0.717, 1.165) is 18.9 Å². The lowest BCUT2D eigenvalue weighted by molar-refractivity contribution is -0.143. The number of hydrogen-bond acceptors (Lipinski definition) is 1. The van der Waals surface area contributed by atoms with Crippen molar-refractivity contribution in [3.8, 4) is 11.3 Å². The highest BCUT2D eigenvalue weighted by molar-refractivity contribution is 5.90. The van der Waals surface area contributed by atoms with E-state index in [-0.39, 0.29) is 41.0 Å². The number of alkyl halides is 9. The molecule has 4 aromatic rings. The molecule has 12 heteroatoms. The second kappa shape index (κ2) is 8.58. The Balaban J connectivity index is 1.58. The minimum absolute atomic E-state index is 0.0108. The van der Waals surface area contributed by atoms with Crippen molar-refractivity contribution >= 4 is 16.6 Å². The van der Waals surface area contributed by atoms with Gasteiger partial charge in [0.15, 0.2) is 5.69 Å². The Kier molecular flexibility index (Phi) is 5.81. The first-order chi connectivity index (χ1) is 17.7. The van der Waals surface area contributed by atoms with Crippen molar-refractivity contribution in [2.24, 2.45) is 0 Å². The minimum Gasteiger partial charge on any atom is -0.459 e. The Hall–Kier alpha value is -3.88. The molecule has 0 atom stereocenters. The average molecular weight is 542 g/mol. The van der Waals surface area contributed by atoms with Crippen LogP contribution in [0.2, 0.25) is 0 Å². The van der Waals surface area contributed by atoms with E-state index in [9.17, 15) is 39.5 Å². The lowest BCUT2D eigenvalue weighted by Crippen LogP contribution is -2.11. The third-order valence-electron chi connectivity index (χ3n) is 6.34. The summed E-state index contributed by atoms with van der Waals surface area (Å²) in [7, 11) is 0. The predicted molar refractivity (Wildman–Crippen MR) is 118 cm³/mol. The molecule has 0 aliphatic heterocycles. The third-order valence-corrected chi connectivity index (χ3v) is 6.34. The van der Waals surface area contributed by atoms with Crippen LogP contribution >= 0.6 is 0 Å². The highest BCUT2D eigenvalue weighted by Crippen LogP contribution is 2.47. The maximum absolute atomic E-state index is 13.8. The third kappa shape index (κ3) is 4.73. The summed E-state index contributed by atoms with van der Waals surface area (Å²) in [5.41, 5.74) is -4.29. The van der Waals surface area contributed by atoms with Crippen LogP contribution in [-0.4, -0.2) is 4.57 Å². The summed E-state index contributed by atoms with van der Waals surface area (Å²) in [6.07, 6.45) is -13.4. The molecule has 38 heavy (non-hydrogen) atoms.